The molecule has 0 aliphatic rings. The average molecular weight is 188 g/mol. The molecule has 1 heterocycles. The molecule has 0 spiro atoms. The summed E-state index contributed by atoms with van der Waals surface area (Å²) >= 11 is 0. The van der Waals surface area contributed by atoms with Gasteiger partial charge in [-0.15, -0.1) is 0 Å². The normalized spacial score (nSPS) is 10.0. The molecular formula is C11H8O3. The zero-order valence-electron chi connectivity index (χ0n) is 7.31. The van der Waals surface area contributed by atoms with Crippen LogP contribution in [0.1, 0.15) is 10.4 Å². The standard InChI is InChI=1S/C11H8O3/c12-11(13)10-4-2-1-3-9(10)8-5-6-14-7-8/h1-7H,(H,12,13). The number of carbonyl (C=O) groups is 1. The van der Waals surface area contributed by atoms with Crippen molar-refractivity contribution in [3.8, 4) is 11.1 Å². The number of carboxylic acid groups (broad SMARTS) is 1. The highest BCUT2D eigenvalue weighted by Gasteiger charge is 2.10. The second-order valence-electron chi connectivity index (χ2n) is 2.86. The number of benzene rings is 1. The number of carboxylic acids is 1. The number of furan rings is 1. The largest absolute Gasteiger partial charge is 0.478 e. The molecule has 0 saturated carbocycles. The first-order chi connectivity index (χ1) is 6.79. The molecule has 0 bridgehead atoms. The Bertz CT molecular complexity index is 443. The molecule has 1 N–H and O–H groups in total. The second kappa shape index (κ2) is 3.38. The van der Waals surface area contributed by atoms with Crippen molar-refractivity contribution in [3.63, 3.8) is 0 Å². The molecule has 0 atom stereocenters. The zero-order chi connectivity index (χ0) is 9.97. The molecule has 0 saturated heterocycles. The molecule has 3 nitrogen and oxygen atoms in total. The summed E-state index contributed by atoms with van der Waals surface area (Å²) < 4.78 is 4.91. The first-order valence-electron chi connectivity index (χ1n) is 4.14. The number of aromatic carboxylic acids is 1. The molecule has 70 valence electrons. The van der Waals surface area contributed by atoms with Crippen LogP contribution in [0.4, 0.5) is 0 Å². The fraction of sp³-hybridized carbons (Fsp3) is 0. The molecule has 0 radical (unpaired) electrons. The van der Waals surface area contributed by atoms with E-state index in [0.717, 1.165) is 5.56 Å². The van der Waals surface area contributed by atoms with Crippen molar-refractivity contribution in [1.82, 2.24) is 0 Å². The second-order valence-corrected chi connectivity index (χ2v) is 2.86. The first-order valence-corrected chi connectivity index (χ1v) is 4.14. The predicted octanol–water partition coefficient (Wildman–Crippen LogP) is 2.64. The Balaban J connectivity index is 2.58. The highest BCUT2D eigenvalue weighted by Crippen LogP contribution is 2.23. The van der Waals surface area contributed by atoms with Crippen LogP contribution in [-0.4, -0.2) is 11.1 Å². The van der Waals surface area contributed by atoms with Crippen molar-refractivity contribution in [2.24, 2.45) is 0 Å². The lowest BCUT2D eigenvalue weighted by Gasteiger charge is -2.01. The Labute approximate surface area is 80.6 Å². The van der Waals surface area contributed by atoms with Crippen LogP contribution in [0, 0.1) is 0 Å². The van der Waals surface area contributed by atoms with Crippen molar-refractivity contribution in [1.29, 1.82) is 0 Å². The highest BCUT2D eigenvalue weighted by atomic mass is 16.4. The maximum absolute atomic E-state index is 10.9. The van der Waals surface area contributed by atoms with Crippen molar-refractivity contribution in [2.45, 2.75) is 0 Å². The van der Waals surface area contributed by atoms with E-state index in [4.69, 9.17) is 9.52 Å². The van der Waals surface area contributed by atoms with Gasteiger partial charge in [-0.1, -0.05) is 18.2 Å². The van der Waals surface area contributed by atoms with Gasteiger partial charge in [-0.3, -0.25) is 0 Å². The zero-order valence-corrected chi connectivity index (χ0v) is 7.31. The summed E-state index contributed by atoms with van der Waals surface area (Å²) in [5, 5.41) is 8.93. The van der Waals surface area contributed by atoms with E-state index in [1.807, 2.05) is 0 Å². The Hall–Kier alpha value is -2.03. The minimum Gasteiger partial charge on any atom is -0.478 e. The first kappa shape index (κ1) is 8.56. The molecule has 2 rings (SSSR count). The maximum atomic E-state index is 10.9. The van der Waals surface area contributed by atoms with Crippen molar-refractivity contribution < 1.29 is 14.3 Å². The lowest BCUT2D eigenvalue weighted by Crippen LogP contribution is -1.98. The van der Waals surface area contributed by atoms with Gasteiger partial charge in [-0.2, -0.15) is 0 Å². The Morgan fingerprint density at radius 1 is 1.21 bits per heavy atom. The molecule has 1 aromatic carbocycles. The smallest absolute Gasteiger partial charge is 0.336 e. The summed E-state index contributed by atoms with van der Waals surface area (Å²) in [5.41, 5.74) is 1.74. The summed E-state index contributed by atoms with van der Waals surface area (Å²) in [4.78, 5) is 10.9. The van der Waals surface area contributed by atoms with Gasteiger partial charge in [-0.05, 0) is 17.7 Å². The molecule has 0 amide bonds. The van der Waals surface area contributed by atoms with E-state index in [1.54, 1.807) is 30.3 Å². The molecule has 0 fully saturated rings. The topological polar surface area (TPSA) is 50.4 Å². The van der Waals surface area contributed by atoms with Crippen LogP contribution >= 0.6 is 0 Å². The number of hydrogen-bond acceptors (Lipinski definition) is 2. The summed E-state index contributed by atoms with van der Waals surface area (Å²) in [6, 6.07) is 8.57. The summed E-state index contributed by atoms with van der Waals surface area (Å²) in [5.74, 6) is -0.929. The van der Waals surface area contributed by atoms with E-state index in [9.17, 15) is 4.79 Å². The van der Waals surface area contributed by atoms with Gasteiger partial charge in [0.2, 0.25) is 0 Å². The minimum atomic E-state index is -0.929. The van der Waals surface area contributed by atoms with Crippen LogP contribution in [0.15, 0.2) is 47.3 Å². The maximum Gasteiger partial charge on any atom is 0.336 e. The third kappa shape index (κ3) is 1.40. The van der Waals surface area contributed by atoms with E-state index < -0.39 is 5.97 Å². The van der Waals surface area contributed by atoms with Crippen LogP contribution in [0.5, 0.6) is 0 Å². The minimum absolute atomic E-state index is 0.286. The quantitative estimate of drug-likeness (QED) is 0.788. The summed E-state index contributed by atoms with van der Waals surface area (Å²) in [6.45, 7) is 0. The van der Waals surface area contributed by atoms with Crippen LogP contribution in [0.2, 0.25) is 0 Å². The third-order valence-electron chi connectivity index (χ3n) is 1.99. The lowest BCUT2D eigenvalue weighted by atomic mass is 10.0. The van der Waals surface area contributed by atoms with Crippen LogP contribution in [-0.2, 0) is 0 Å². The third-order valence-corrected chi connectivity index (χ3v) is 1.99. The SMILES string of the molecule is O=C(O)c1ccccc1-c1ccoc1. The van der Waals surface area contributed by atoms with Gasteiger partial charge in [-0.25, -0.2) is 4.79 Å². The van der Waals surface area contributed by atoms with Crippen molar-refractivity contribution >= 4 is 5.97 Å². The summed E-state index contributed by atoms with van der Waals surface area (Å²) in [6.07, 6.45) is 3.05. The Kier molecular flexibility index (Phi) is 2.07. The summed E-state index contributed by atoms with van der Waals surface area (Å²) in [7, 11) is 0. The van der Waals surface area contributed by atoms with Gasteiger partial charge in [0.25, 0.3) is 0 Å². The molecule has 0 aliphatic carbocycles. The monoisotopic (exact) mass is 188 g/mol. The van der Waals surface area contributed by atoms with Gasteiger partial charge in [0, 0.05) is 5.56 Å². The van der Waals surface area contributed by atoms with Gasteiger partial charge < -0.3 is 9.52 Å². The molecule has 3 heteroatoms. The molecule has 0 aliphatic heterocycles. The van der Waals surface area contributed by atoms with Gasteiger partial charge >= 0.3 is 5.97 Å². The fourth-order valence-electron chi connectivity index (χ4n) is 1.34. The Morgan fingerprint density at radius 3 is 2.64 bits per heavy atom. The molecular weight excluding hydrogens is 180 g/mol. The fourth-order valence-corrected chi connectivity index (χ4v) is 1.34. The molecule has 2 aromatic rings. The van der Waals surface area contributed by atoms with Gasteiger partial charge in [0.15, 0.2) is 0 Å². The van der Waals surface area contributed by atoms with E-state index in [-0.39, 0.29) is 5.56 Å². The number of hydrogen-bond donors (Lipinski definition) is 1. The van der Waals surface area contributed by atoms with Crippen molar-refractivity contribution in [2.75, 3.05) is 0 Å². The Morgan fingerprint density at radius 2 is 2.00 bits per heavy atom. The van der Waals surface area contributed by atoms with E-state index >= 15 is 0 Å². The molecule has 0 unspecified atom stereocenters. The van der Waals surface area contributed by atoms with Crippen LogP contribution in [0.25, 0.3) is 11.1 Å². The van der Waals surface area contributed by atoms with E-state index in [0.29, 0.717) is 5.56 Å². The lowest BCUT2D eigenvalue weighted by molar-refractivity contribution is 0.0698. The van der Waals surface area contributed by atoms with Gasteiger partial charge in [0.1, 0.15) is 0 Å². The van der Waals surface area contributed by atoms with E-state index in [2.05, 4.69) is 0 Å². The average Bonchev–Trinajstić information content (AvgIpc) is 2.70. The highest BCUT2D eigenvalue weighted by molar-refractivity contribution is 5.95. The van der Waals surface area contributed by atoms with Crippen molar-refractivity contribution in [3.05, 3.63) is 48.4 Å². The van der Waals surface area contributed by atoms with Crippen LogP contribution in [0.3, 0.4) is 0 Å². The molecule has 14 heavy (non-hydrogen) atoms. The number of rotatable bonds is 2. The van der Waals surface area contributed by atoms with E-state index in [1.165, 1.54) is 12.5 Å². The van der Waals surface area contributed by atoms with Gasteiger partial charge in [0.05, 0.1) is 18.1 Å². The van der Waals surface area contributed by atoms with Crippen LogP contribution < -0.4 is 0 Å². The molecule has 1 aromatic heterocycles. The predicted molar refractivity (Wildman–Crippen MR) is 51.1 cm³/mol.